The Kier molecular flexibility index (Phi) is 6.52. The zero-order valence-electron chi connectivity index (χ0n) is 16.0. The van der Waals surface area contributed by atoms with E-state index in [0.717, 1.165) is 6.42 Å². The molecule has 0 bridgehead atoms. The molecule has 0 aliphatic rings. The second-order valence-electron chi connectivity index (χ2n) is 6.08. The van der Waals surface area contributed by atoms with E-state index in [1.807, 2.05) is 55.5 Å². The molecule has 28 heavy (non-hydrogen) atoms. The molecule has 144 valence electrons. The van der Waals surface area contributed by atoms with Crippen LogP contribution in [0.3, 0.4) is 0 Å². The minimum absolute atomic E-state index is 0.260. The number of rotatable bonds is 8. The lowest BCUT2D eigenvalue weighted by Crippen LogP contribution is -2.13. The molecule has 0 heterocycles. The van der Waals surface area contributed by atoms with Crippen molar-refractivity contribution in [1.82, 2.24) is 0 Å². The lowest BCUT2D eigenvalue weighted by Gasteiger charge is -2.14. The molecule has 3 aromatic carbocycles. The quantitative estimate of drug-likeness (QED) is 0.561. The highest BCUT2D eigenvalue weighted by Crippen LogP contribution is 2.31. The standard InChI is InChI=1S/C23H23NO4/c1-3-15-27-21-14-13-17(16-22(21)26-2)23(25)24-19-11-7-8-12-20(19)28-18-9-5-4-6-10-18/h4-14,16H,3,15H2,1-2H3,(H,24,25). The summed E-state index contributed by atoms with van der Waals surface area (Å²) < 4.78 is 16.9. The minimum atomic E-state index is -0.260. The van der Waals surface area contributed by atoms with E-state index in [2.05, 4.69) is 5.32 Å². The fourth-order valence-corrected chi connectivity index (χ4v) is 2.61. The van der Waals surface area contributed by atoms with Gasteiger partial charge in [0.1, 0.15) is 5.75 Å². The van der Waals surface area contributed by atoms with Crippen LogP contribution in [0.25, 0.3) is 0 Å². The van der Waals surface area contributed by atoms with Gasteiger partial charge in [0.15, 0.2) is 17.2 Å². The maximum Gasteiger partial charge on any atom is 0.255 e. The third-order valence-corrected chi connectivity index (χ3v) is 3.99. The van der Waals surface area contributed by atoms with Gasteiger partial charge in [-0.25, -0.2) is 0 Å². The molecule has 1 amide bonds. The molecule has 0 saturated carbocycles. The number of hydrogen-bond acceptors (Lipinski definition) is 4. The van der Waals surface area contributed by atoms with Crippen molar-refractivity contribution >= 4 is 11.6 Å². The van der Waals surface area contributed by atoms with Crippen LogP contribution in [-0.4, -0.2) is 19.6 Å². The highest BCUT2D eigenvalue weighted by molar-refractivity contribution is 6.05. The summed E-state index contributed by atoms with van der Waals surface area (Å²) >= 11 is 0. The zero-order valence-corrected chi connectivity index (χ0v) is 16.0. The van der Waals surface area contributed by atoms with Crippen LogP contribution in [0.1, 0.15) is 23.7 Å². The molecule has 5 nitrogen and oxygen atoms in total. The summed E-state index contributed by atoms with van der Waals surface area (Å²) in [6.45, 7) is 2.62. The van der Waals surface area contributed by atoms with Crippen molar-refractivity contribution in [2.75, 3.05) is 19.0 Å². The van der Waals surface area contributed by atoms with Crippen LogP contribution < -0.4 is 19.5 Å². The zero-order chi connectivity index (χ0) is 19.8. The SMILES string of the molecule is CCCOc1ccc(C(=O)Nc2ccccc2Oc2ccccc2)cc1OC. The number of methoxy groups -OCH3 is 1. The fourth-order valence-electron chi connectivity index (χ4n) is 2.61. The number of amides is 1. The molecule has 0 unspecified atom stereocenters. The summed E-state index contributed by atoms with van der Waals surface area (Å²) in [4.78, 5) is 12.7. The van der Waals surface area contributed by atoms with Crippen LogP contribution in [0.15, 0.2) is 72.8 Å². The molecule has 5 heteroatoms. The van der Waals surface area contributed by atoms with Gasteiger partial charge >= 0.3 is 0 Å². The number of ether oxygens (including phenoxy) is 3. The molecule has 0 aromatic heterocycles. The summed E-state index contributed by atoms with van der Waals surface area (Å²) in [6.07, 6.45) is 0.892. The number of anilines is 1. The molecule has 0 atom stereocenters. The molecule has 0 fully saturated rings. The first-order valence-corrected chi connectivity index (χ1v) is 9.15. The highest BCUT2D eigenvalue weighted by Gasteiger charge is 2.13. The van der Waals surface area contributed by atoms with Crippen LogP contribution >= 0.6 is 0 Å². The topological polar surface area (TPSA) is 56.8 Å². The van der Waals surface area contributed by atoms with Crippen molar-refractivity contribution in [2.24, 2.45) is 0 Å². The Morgan fingerprint density at radius 2 is 1.64 bits per heavy atom. The van der Waals surface area contributed by atoms with Gasteiger partial charge < -0.3 is 19.5 Å². The predicted octanol–water partition coefficient (Wildman–Crippen LogP) is 5.53. The maximum absolute atomic E-state index is 12.7. The summed E-state index contributed by atoms with van der Waals surface area (Å²) in [5.41, 5.74) is 1.05. The first-order valence-electron chi connectivity index (χ1n) is 9.15. The Morgan fingerprint density at radius 1 is 0.893 bits per heavy atom. The smallest absolute Gasteiger partial charge is 0.255 e. The summed E-state index contributed by atoms with van der Waals surface area (Å²) in [7, 11) is 1.55. The van der Waals surface area contributed by atoms with E-state index < -0.39 is 0 Å². The van der Waals surface area contributed by atoms with E-state index in [-0.39, 0.29) is 5.91 Å². The molecule has 0 spiro atoms. The molecule has 0 aliphatic carbocycles. The van der Waals surface area contributed by atoms with Gasteiger partial charge in [-0.3, -0.25) is 4.79 Å². The third-order valence-electron chi connectivity index (χ3n) is 3.99. The minimum Gasteiger partial charge on any atom is -0.493 e. The fraction of sp³-hybridized carbons (Fsp3) is 0.174. The molecule has 3 aromatic rings. The lowest BCUT2D eigenvalue weighted by atomic mass is 10.1. The van der Waals surface area contributed by atoms with Crippen LogP contribution in [0.4, 0.5) is 5.69 Å². The number of carbonyl (C=O) groups is 1. The van der Waals surface area contributed by atoms with Gasteiger partial charge in [-0.2, -0.15) is 0 Å². The predicted molar refractivity (Wildman–Crippen MR) is 110 cm³/mol. The number of carbonyl (C=O) groups excluding carboxylic acids is 1. The number of para-hydroxylation sites is 3. The molecular formula is C23H23NO4. The van der Waals surface area contributed by atoms with Gasteiger partial charge in [0.05, 0.1) is 19.4 Å². The average Bonchev–Trinajstić information content (AvgIpc) is 2.74. The monoisotopic (exact) mass is 377 g/mol. The number of nitrogens with one attached hydrogen (secondary N) is 1. The second kappa shape index (κ2) is 9.46. The normalized spacial score (nSPS) is 10.2. The maximum atomic E-state index is 12.7. The van der Waals surface area contributed by atoms with Crippen LogP contribution in [0, 0.1) is 0 Å². The van der Waals surface area contributed by atoms with Gasteiger partial charge in [0.25, 0.3) is 5.91 Å². The van der Waals surface area contributed by atoms with Gasteiger partial charge in [-0.1, -0.05) is 37.3 Å². The van der Waals surface area contributed by atoms with E-state index in [9.17, 15) is 4.79 Å². The van der Waals surface area contributed by atoms with E-state index in [4.69, 9.17) is 14.2 Å². The van der Waals surface area contributed by atoms with Crippen LogP contribution in [-0.2, 0) is 0 Å². The van der Waals surface area contributed by atoms with Crippen molar-refractivity contribution in [3.05, 3.63) is 78.4 Å². The van der Waals surface area contributed by atoms with Crippen LogP contribution in [0.5, 0.6) is 23.0 Å². The van der Waals surface area contributed by atoms with E-state index in [1.54, 1.807) is 31.4 Å². The van der Waals surface area contributed by atoms with Gasteiger partial charge in [0, 0.05) is 5.56 Å². The third kappa shape index (κ3) is 4.82. The number of benzene rings is 3. The molecule has 1 N–H and O–H groups in total. The van der Waals surface area contributed by atoms with E-state index in [0.29, 0.717) is 40.9 Å². The first kappa shape index (κ1) is 19.3. The summed E-state index contributed by atoms with van der Waals surface area (Å²) in [5, 5.41) is 2.90. The molecule has 0 radical (unpaired) electrons. The molecule has 0 aliphatic heterocycles. The van der Waals surface area contributed by atoms with Gasteiger partial charge in [-0.15, -0.1) is 0 Å². The lowest BCUT2D eigenvalue weighted by molar-refractivity contribution is 0.102. The summed E-state index contributed by atoms with van der Waals surface area (Å²) in [6, 6.07) is 21.9. The van der Waals surface area contributed by atoms with Crippen molar-refractivity contribution in [2.45, 2.75) is 13.3 Å². The highest BCUT2D eigenvalue weighted by atomic mass is 16.5. The Labute approximate surface area is 164 Å². The Balaban J connectivity index is 1.78. The van der Waals surface area contributed by atoms with Crippen molar-refractivity contribution in [3.8, 4) is 23.0 Å². The van der Waals surface area contributed by atoms with E-state index in [1.165, 1.54) is 0 Å². The molecular weight excluding hydrogens is 354 g/mol. The largest absolute Gasteiger partial charge is 0.493 e. The average molecular weight is 377 g/mol. The Bertz CT molecular complexity index is 925. The first-order chi connectivity index (χ1) is 13.7. The van der Waals surface area contributed by atoms with Gasteiger partial charge in [0.2, 0.25) is 0 Å². The Hall–Kier alpha value is -3.47. The summed E-state index contributed by atoms with van der Waals surface area (Å²) in [5.74, 6) is 2.15. The van der Waals surface area contributed by atoms with E-state index >= 15 is 0 Å². The van der Waals surface area contributed by atoms with Gasteiger partial charge in [-0.05, 0) is 48.9 Å². The van der Waals surface area contributed by atoms with Crippen molar-refractivity contribution in [1.29, 1.82) is 0 Å². The molecule has 0 saturated heterocycles. The van der Waals surface area contributed by atoms with Crippen molar-refractivity contribution < 1.29 is 19.0 Å². The Morgan fingerprint density at radius 3 is 2.39 bits per heavy atom. The van der Waals surface area contributed by atoms with Crippen LogP contribution in [0.2, 0.25) is 0 Å². The number of hydrogen-bond donors (Lipinski definition) is 1. The molecule has 3 rings (SSSR count). The second-order valence-corrected chi connectivity index (χ2v) is 6.08. The van der Waals surface area contributed by atoms with Crippen molar-refractivity contribution in [3.63, 3.8) is 0 Å².